The number of aromatic nitrogens is 3. The van der Waals surface area contributed by atoms with Crippen molar-refractivity contribution >= 4 is 11.2 Å². The summed E-state index contributed by atoms with van der Waals surface area (Å²) in [5, 5.41) is 0. The molecule has 108 valence electrons. The SMILES string of the molecule is COCCn1c(CC2CCCOC2)nc2cccnc21. The van der Waals surface area contributed by atoms with Crippen molar-refractivity contribution in [2.75, 3.05) is 26.9 Å². The average molecular weight is 275 g/mol. The van der Waals surface area contributed by atoms with Crippen LogP contribution < -0.4 is 0 Å². The van der Waals surface area contributed by atoms with E-state index in [-0.39, 0.29) is 0 Å². The Hall–Kier alpha value is -1.46. The number of nitrogens with zero attached hydrogens (tertiary/aromatic N) is 3. The molecular formula is C15H21N3O2. The minimum absolute atomic E-state index is 0.571. The Morgan fingerprint density at radius 2 is 2.45 bits per heavy atom. The lowest BCUT2D eigenvalue weighted by Gasteiger charge is -2.22. The lowest BCUT2D eigenvalue weighted by atomic mass is 9.98. The number of fused-ring (bicyclic) bond motifs is 1. The molecule has 0 radical (unpaired) electrons. The molecule has 1 atom stereocenters. The van der Waals surface area contributed by atoms with Gasteiger partial charge in [0.1, 0.15) is 11.3 Å². The van der Waals surface area contributed by atoms with Crippen molar-refractivity contribution in [2.45, 2.75) is 25.8 Å². The molecular weight excluding hydrogens is 254 g/mol. The van der Waals surface area contributed by atoms with Crippen LogP contribution in [0, 0.1) is 5.92 Å². The molecule has 0 aliphatic carbocycles. The lowest BCUT2D eigenvalue weighted by molar-refractivity contribution is 0.0539. The molecule has 2 aromatic rings. The zero-order valence-corrected chi connectivity index (χ0v) is 11.9. The summed E-state index contributed by atoms with van der Waals surface area (Å²) in [5.74, 6) is 1.67. The van der Waals surface area contributed by atoms with Crippen molar-refractivity contribution in [2.24, 2.45) is 5.92 Å². The largest absolute Gasteiger partial charge is 0.383 e. The third-order valence-corrected chi connectivity index (χ3v) is 3.83. The Balaban J connectivity index is 1.87. The Labute approximate surface area is 118 Å². The zero-order chi connectivity index (χ0) is 13.8. The monoisotopic (exact) mass is 275 g/mol. The van der Waals surface area contributed by atoms with Gasteiger partial charge >= 0.3 is 0 Å². The summed E-state index contributed by atoms with van der Waals surface area (Å²) >= 11 is 0. The highest BCUT2D eigenvalue weighted by Gasteiger charge is 2.19. The molecule has 0 N–H and O–H groups in total. The van der Waals surface area contributed by atoms with Crippen molar-refractivity contribution in [3.05, 3.63) is 24.2 Å². The van der Waals surface area contributed by atoms with E-state index < -0.39 is 0 Å². The van der Waals surface area contributed by atoms with Crippen molar-refractivity contribution in [3.8, 4) is 0 Å². The summed E-state index contributed by atoms with van der Waals surface area (Å²) in [4.78, 5) is 9.21. The topological polar surface area (TPSA) is 49.2 Å². The molecule has 1 aliphatic rings. The van der Waals surface area contributed by atoms with E-state index >= 15 is 0 Å². The first-order valence-electron chi connectivity index (χ1n) is 7.25. The summed E-state index contributed by atoms with van der Waals surface area (Å²) in [6.45, 7) is 3.22. The summed E-state index contributed by atoms with van der Waals surface area (Å²) in [6, 6.07) is 3.95. The number of ether oxygens (including phenoxy) is 2. The van der Waals surface area contributed by atoms with E-state index in [1.165, 1.54) is 6.42 Å². The highest BCUT2D eigenvalue weighted by Crippen LogP contribution is 2.21. The molecule has 2 aromatic heterocycles. The maximum absolute atomic E-state index is 5.57. The van der Waals surface area contributed by atoms with Crippen LogP contribution in [0.5, 0.6) is 0 Å². The van der Waals surface area contributed by atoms with Gasteiger partial charge < -0.3 is 14.0 Å². The number of rotatable bonds is 5. The second kappa shape index (κ2) is 6.33. The number of hydrogen-bond acceptors (Lipinski definition) is 4. The van der Waals surface area contributed by atoms with Crippen LogP contribution in [0.3, 0.4) is 0 Å². The van der Waals surface area contributed by atoms with E-state index in [0.717, 1.165) is 49.6 Å². The highest BCUT2D eigenvalue weighted by atomic mass is 16.5. The number of imidazole rings is 1. The molecule has 3 heterocycles. The molecule has 5 nitrogen and oxygen atoms in total. The van der Waals surface area contributed by atoms with Crippen molar-refractivity contribution < 1.29 is 9.47 Å². The Kier molecular flexibility index (Phi) is 4.28. The van der Waals surface area contributed by atoms with Crippen LogP contribution >= 0.6 is 0 Å². The number of pyridine rings is 1. The van der Waals surface area contributed by atoms with Crippen molar-refractivity contribution in [1.82, 2.24) is 14.5 Å². The molecule has 0 bridgehead atoms. The molecule has 5 heteroatoms. The first-order chi connectivity index (χ1) is 9.88. The van der Waals surface area contributed by atoms with Crippen molar-refractivity contribution in [3.63, 3.8) is 0 Å². The Bertz CT molecular complexity index is 561. The third-order valence-electron chi connectivity index (χ3n) is 3.83. The predicted molar refractivity (Wildman–Crippen MR) is 76.7 cm³/mol. The van der Waals surface area contributed by atoms with E-state index in [9.17, 15) is 0 Å². The van der Waals surface area contributed by atoms with E-state index in [4.69, 9.17) is 14.5 Å². The second-order valence-corrected chi connectivity index (χ2v) is 5.31. The molecule has 0 saturated carbocycles. The first kappa shape index (κ1) is 13.5. The maximum Gasteiger partial charge on any atom is 0.160 e. The standard InChI is InChI=1S/C15H21N3O2/c1-19-9-7-18-14(10-12-4-3-8-20-11-12)17-13-5-2-6-16-15(13)18/h2,5-6,12H,3-4,7-11H2,1H3. The van der Waals surface area contributed by atoms with Gasteiger partial charge in [-0.05, 0) is 30.9 Å². The van der Waals surface area contributed by atoms with E-state index in [2.05, 4.69) is 9.55 Å². The Morgan fingerprint density at radius 3 is 3.25 bits per heavy atom. The molecule has 1 aliphatic heterocycles. The molecule has 0 spiro atoms. The fourth-order valence-electron chi connectivity index (χ4n) is 2.81. The average Bonchev–Trinajstić information content (AvgIpc) is 2.83. The third kappa shape index (κ3) is 2.83. The fourth-order valence-corrected chi connectivity index (χ4v) is 2.81. The van der Waals surface area contributed by atoms with Gasteiger partial charge in [0.05, 0.1) is 6.61 Å². The summed E-state index contributed by atoms with van der Waals surface area (Å²) in [6.07, 6.45) is 5.16. The molecule has 1 fully saturated rings. The van der Waals surface area contributed by atoms with Gasteiger partial charge in [-0.25, -0.2) is 9.97 Å². The minimum atomic E-state index is 0.571. The quantitative estimate of drug-likeness (QED) is 0.838. The summed E-state index contributed by atoms with van der Waals surface area (Å²) < 4.78 is 13.0. The van der Waals surface area contributed by atoms with Crippen LogP contribution in [0.25, 0.3) is 11.2 Å². The highest BCUT2D eigenvalue weighted by molar-refractivity contribution is 5.71. The molecule has 0 amide bonds. The van der Waals surface area contributed by atoms with Gasteiger partial charge in [-0.2, -0.15) is 0 Å². The van der Waals surface area contributed by atoms with Gasteiger partial charge in [-0.1, -0.05) is 0 Å². The summed E-state index contributed by atoms with van der Waals surface area (Å²) in [7, 11) is 1.72. The number of hydrogen-bond donors (Lipinski definition) is 0. The lowest BCUT2D eigenvalue weighted by Crippen LogP contribution is -2.21. The van der Waals surface area contributed by atoms with E-state index in [1.807, 2.05) is 18.3 Å². The van der Waals surface area contributed by atoms with Gasteiger partial charge in [0.25, 0.3) is 0 Å². The molecule has 20 heavy (non-hydrogen) atoms. The minimum Gasteiger partial charge on any atom is -0.383 e. The Morgan fingerprint density at radius 1 is 1.50 bits per heavy atom. The van der Waals surface area contributed by atoms with Gasteiger partial charge in [-0.3, -0.25) is 0 Å². The van der Waals surface area contributed by atoms with Crippen LogP contribution in [0.2, 0.25) is 0 Å². The first-order valence-corrected chi connectivity index (χ1v) is 7.25. The zero-order valence-electron chi connectivity index (χ0n) is 11.9. The van der Waals surface area contributed by atoms with Gasteiger partial charge in [0, 0.05) is 39.5 Å². The van der Waals surface area contributed by atoms with Crippen LogP contribution in [-0.2, 0) is 22.4 Å². The molecule has 1 unspecified atom stereocenters. The molecule has 3 rings (SSSR count). The molecule has 0 aromatic carbocycles. The summed E-state index contributed by atoms with van der Waals surface area (Å²) in [5.41, 5.74) is 1.92. The smallest absolute Gasteiger partial charge is 0.160 e. The van der Waals surface area contributed by atoms with Gasteiger partial charge in [0.15, 0.2) is 5.65 Å². The van der Waals surface area contributed by atoms with Gasteiger partial charge in [-0.15, -0.1) is 0 Å². The van der Waals surface area contributed by atoms with Crippen LogP contribution in [-0.4, -0.2) is 41.5 Å². The second-order valence-electron chi connectivity index (χ2n) is 5.31. The van der Waals surface area contributed by atoms with Gasteiger partial charge in [0.2, 0.25) is 0 Å². The van der Waals surface area contributed by atoms with E-state index in [0.29, 0.717) is 12.5 Å². The number of methoxy groups -OCH3 is 1. The van der Waals surface area contributed by atoms with Crippen molar-refractivity contribution in [1.29, 1.82) is 0 Å². The van der Waals surface area contributed by atoms with Crippen LogP contribution in [0.15, 0.2) is 18.3 Å². The normalized spacial score (nSPS) is 19.6. The fraction of sp³-hybridized carbons (Fsp3) is 0.600. The maximum atomic E-state index is 5.57. The van der Waals surface area contributed by atoms with E-state index in [1.54, 1.807) is 7.11 Å². The van der Waals surface area contributed by atoms with Crippen LogP contribution in [0.1, 0.15) is 18.7 Å². The van der Waals surface area contributed by atoms with Crippen LogP contribution in [0.4, 0.5) is 0 Å². The molecule has 1 saturated heterocycles. The predicted octanol–water partition coefficient (Wildman–Crippen LogP) is 2.05.